The predicted octanol–water partition coefficient (Wildman–Crippen LogP) is 5.61. The van der Waals surface area contributed by atoms with Crippen molar-refractivity contribution in [3.05, 3.63) is 60.5 Å². The molecule has 2 rings (SSSR count). The Kier molecular flexibility index (Phi) is 6.35. The monoisotopic (exact) mass is 422 g/mol. The molecular formula is C15H10Cl4N2O4. The number of hydrogen-bond donors (Lipinski definition) is 1. The molecule has 10 heteroatoms. The number of carbonyl (C=O) groups excluding carboxylic acids is 1. The van der Waals surface area contributed by atoms with Gasteiger partial charge >= 0.3 is 0 Å². The minimum atomic E-state index is -0.927. The molecule has 0 aliphatic carbocycles. The van der Waals surface area contributed by atoms with E-state index in [1.54, 1.807) is 6.07 Å². The number of benzene rings is 2. The van der Waals surface area contributed by atoms with Gasteiger partial charge in [-0.15, -0.1) is 0 Å². The molecule has 0 fully saturated rings. The molecule has 1 N–H and O–H groups in total. The summed E-state index contributed by atoms with van der Waals surface area (Å²) in [6, 6.07) is 6.84. The smallest absolute Gasteiger partial charge is 0.289 e. The summed E-state index contributed by atoms with van der Waals surface area (Å²) in [6.07, 6.45) is -0.927. The minimum Gasteiger partial charge on any atom is -0.479 e. The van der Waals surface area contributed by atoms with Crippen molar-refractivity contribution in [2.45, 2.75) is 13.0 Å². The molecule has 0 spiro atoms. The average molecular weight is 424 g/mol. The van der Waals surface area contributed by atoms with Gasteiger partial charge in [-0.25, -0.2) is 0 Å². The second kappa shape index (κ2) is 8.10. The molecule has 0 aliphatic heterocycles. The number of nitrogens with zero attached hydrogens (tertiary/aromatic N) is 1. The first kappa shape index (κ1) is 19.6. The number of nitro groups is 1. The molecule has 25 heavy (non-hydrogen) atoms. The minimum absolute atomic E-state index is 0.0267. The number of anilines is 1. The Morgan fingerprint density at radius 2 is 1.80 bits per heavy atom. The molecule has 2 aromatic carbocycles. The molecule has 0 saturated heterocycles. The molecular weight excluding hydrogens is 414 g/mol. The molecule has 132 valence electrons. The second-order valence-corrected chi connectivity index (χ2v) is 6.52. The first-order valence-electron chi connectivity index (χ1n) is 6.75. The summed E-state index contributed by atoms with van der Waals surface area (Å²) in [4.78, 5) is 22.4. The maximum absolute atomic E-state index is 12.2. The molecule has 0 aliphatic rings. The lowest BCUT2D eigenvalue weighted by Gasteiger charge is -2.16. The van der Waals surface area contributed by atoms with Crippen molar-refractivity contribution in [3.63, 3.8) is 0 Å². The SMILES string of the molecule is CC(Oc1ccc(Cl)cc1Cl)C(=O)Nc1cc(Cl)c([N+](=O)[O-])cc1Cl. The Bertz CT molecular complexity index is 845. The number of ether oxygens (including phenoxy) is 1. The number of carbonyl (C=O) groups is 1. The highest BCUT2D eigenvalue weighted by molar-refractivity contribution is 6.37. The quantitative estimate of drug-likeness (QED) is 0.500. The van der Waals surface area contributed by atoms with Crippen molar-refractivity contribution in [3.8, 4) is 5.75 Å². The number of halogens is 4. The summed E-state index contributed by atoms with van der Waals surface area (Å²) < 4.78 is 5.48. The fourth-order valence-corrected chi connectivity index (χ4v) is 2.71. The van der Waals surface area contributed by atoms with E-state index in [9.17, 15) is 14.9 Å². The third-order valence-corrected chi connectivity index (χ3v) is 4.20. The maximum atomic E-state index is 12.2. The second-order valence-electron chi connectivity index (χ2n) is 4.86. The highest BCUT2D eigenvalue weighted by atomic mass is 35.5. The average Bonchev–Trinajstić information content (AvgIpc) is 2.52. The lowest BCUT2D eigenvalue weighted by molar-refractivity contribution is -0.384. The lowest BCUT2D eigenvalue weighted by atomic mass is 10.2. The van der Waals surface area contributed by atoms with E-state index in [0.717, 1.165) is 6.07 Å². The fourth-order valence-electron chi connectivity index (χ4n) is 1.82. The van der Waals surface area contributed by atoms with Gasteiger partial charge in [0.25, 0.3) is 11.6 Å². The van der Waals surface area contributed by atoms with Gasteiger partial charge in [0.15, 0.2) is 6.10 Å². The van der Waals surface area contributed by atoms with Crippen molar-refractivity contribution < 1.29 is 14.5 Å². The van der Waals surface area contributed by atoms with Crippen LogP contribution in [0.15, 0.2) is 30.3 Å². The Labute approximate surface area is 162 Å². The predicted molar refractivity (Wildman–Crippen MR) is 98.3 cm³/mol. The van der Waals surface area contributed by atoms with Crippen LogP contribution in [0.1, 0.15) is 6.92 Å². The van der Waals surface area contributed by atoms with Crippen LogP contribution in [0.3, 0.4) is 0 Å². The van der Waals surface area contributed by atoms with Crippen molar-refractivity contribution in [2.75, 3.05) is 5.32 Å². The summed E-state index contributed by atoms with van der Waals surface area (Å²) in [7, 11) is 0. The van der Waals surface area contributed by atoms with Crippen LogP contribution in [0.2, 0.25) is 20.1 Å². The van der Waals surface area contributed by atoms with Gasteiger partial charge in [0.1, 0.15) is 10.8 Å². The van der Waals surface area contributed by atoms with Crippen LogP contribution in [0.25, 0.3) is 0 Å². The molecule has 0 bridgehead atoms. The molecule has 0 aromatic heterocycles. The van der Waals surface area contributed by atoms with Crippen LogP contribution in [0, 0.1) is 10.1 Å². The van der Waals surface area contributed by atoms with Crippen LogP contribution >= 0.6 is 46.4 Å². The zero-order chi connectivity index (χ0) is 18.7. The first-order valence-corrected chi connectivity index (χ1v) is 8.26. The molecule has 2 aromatic rings. The summed E-state index contributed by atoms with van der Waals surface area (Å²) in [6.45, 7) is 1.50. The van der Waals surface area contributed by atoms with E-state index in [1.807, 2.05) is 0 Å². The number of nitrogens with one attached hydrogen (secondary N) is 1. The van der Waals surface area contributed by atoms with Crippen molar-refractivity contribution in [1.82, 2.24) is 0 Å². The van der Waals surface area contributed by atoms with Crippen molar-refractivity contribution in [2.24, 2.45) is 0 Å². The maximum Gasteiger partial charge on any atom is 0.289 e. The first-order chi connectivity index (χ1) is 11.7. The Balaban J connectivity index is 2.13. The van der Waals surface area contributed by atoms with Gasteiger partial charge in [0.05, 0.1) is 20.7 Å². The standard InChI is InChI=1S/C15H10Cl4N2O4/c1-7(25-14-3-2-8(16)4-11(14)19)15(22)20-12-5-10(18)13(21(23)24)6-9(12)17/h2-7H,1H3,(H,20,22). The highest BCUT2D eigenvalue weighted by Crippen LogP contribution is 2.34. The molecule has 1 atom stereocenters. The van der Waals surface area contributed by atoms with Crippen LogP contribution < -0.4 is 10.1 Å². The Morgan fingerprint density at radius 1 is 1.12 bits per heavy atom. The van der Waals surface area contributed by atoms with E-state index in [2.05, 4.69) is 5.32 Å². The Morgan fingerprint density at radius 3 is 2.40 bits per heavy atom. The van der Waals surface area contributed by atoms with Crippen LogP contribution in [-0.4, -0.2) is 16.9 Å². The van der Waals surface area contributed by atoms with E-state index in [1.165, 1.54) is 25.1 Å². The lowest BCUT2D eigenvalue weighted by Crippen LogP contribution is -2.30. The third-order valence-electron chi connectivity index (χ3n) is 3.06. The topological polar surface area (TPSA) is 81.5 Å². The van der Waals surface area contributed by atoms with E-state index in [4.69, 9.17) is 51.1 Å². The molecule has 1 unspecified atom stereocenters. The summed E-state index contributed by atoms with van der Waals surface area (Å²) >= 11 is 23.5. The molecule has 1 amide bonds. The molecule has 6 nitrogen and oxygen atoms in total. The number of amides is 1. The van der Waals surface area contributed by atoms with Gasteiger partial charge in [-0.2, -0.15) is 0 Å². The van der Waals surface area contributed by atoms with Crippen molar-refractivity contribution >= 4 is 63.7 Å². The van der Waals surface area contributed by atoms with Crippen LogP contribution in [0.5, 0.6) is 5.75 Å². The largest absolute Gasteiger partial charge is 0.479 e. The van der Waals surface area contributed by atoms with E-state index in [0.29, 0.717) is 5.02 Å². The third kappa shape index (κ3) is 4.89. The Hall–Kier alpha value is -1.73. The van der Waals surface area contributed by atoms with Gasteiger partial charge in [-0.3, -0.25) is 14.9 Å². The van der Waals surface area contributed by atoms with Gasteiger partial charge in [0.2, 0.25) is 0 Å². The van der Waals surface area contributed by atoms with E-state index in [-0.39, 0.29) is 32.2 Å². The molecule has 0 radical (unpaired) electrons. The number of rotatable bonds is 5. The van der Waals surface area contributed by atoms with Crippen LogP contribution in [-0.2, 0) is 4.79 Å². The molecule has 0 saturated carbocycles. The van der Waals surface area contributed by atoms with Crippen LogP contribution in [0.4, 0.5) is 11.4 Å². The number of hydrogen-bond acceptors (Lipinski definition) is 4. The van der Waals surface area contributed by atoms with E-state index < -0.39 is 16.9 Å². The highest BCUT2D eigenvalue weighted by Gasteiger charge is 2.21. The van der Waals surface area contributed by atoms with Gasteiger partial charge < -0.3 is 10.1 Å². The fraction of sp³-hybridized carbons (Fsp3) is 0.133. The van der Waals surface area contributed by atoms with Gasteiger partial charge in [-0.1, -0.05) is 46.4 Å². The zero-order valence-corrected chi connectivity index (χ0v) is 15.6. The number of nitro benzene ring substituents is 1. The van der Waals surface area contributed by atoms with Gasteiger partial charge in [0, 0.05) is 11.1 Å². The normalized spacial score (nSPS) is 11.7. The summed E-state index contributed by atoms with van der Waals surface area (Å²) in [5.41, 5.74) is -0.234. The van der Waals surface area contributed by atoms with Crippen molar-refractivity contribution in [1.29, 1.82) is 0 Å². The van der Waals surface area contributed by atoms with Gasteiger partial charge in [-0.05, 0) is 31.2 Å². The van der Waals surface area contributed by atoms with E-state index >= 15 is 0 Å². The summed E-state index contributed by atoms with van der Waals surface area (Å²) in [5, 5.41) is 13.8. The summed E-state index contributed by atoms with van der Waals surface area (Å²) in [5.74, 6) is -0.264. The molecule has 0 heterocycles. The zero-order valence-electron chi connectivity index (χ0n) is 12.6.